The van der Waals surface area contributed by atoms with E-state index in [-0.39, 0.29) is 28.7 Å². The van der Waals surface area contributed by atoms with E-state index in [0.29, 0.717) is 37.1 Å². The maximum atomic E-state index is 14.0. The molecule has 0 spiro atoms. The zero-order valence-electron chi connectivity index (χ0n) is 19.3. The number of carbonyl (C=O) groups is 2. The van der Waals surface area contributed by atoms with Crippen LogP contribution in [0.15, 0.2) is 47.5 Å². The number of fused-ring (bicyclic) bond motifs is 1. The van der Waals surface area contributed by atoms with E-state index in [4.69, 9.17) is 4.74 Å². The standard InChI is InChI=1S/C25H23F3N4O3S/c1-35-18-4-2-15(20(12-18)25(26,27)28)11-19(14-3-5-21-16(10-14)13-30-31-21)22-23(33)32(24(34)36-22)17-6-8-29-9-7-17/h2-5,10,12-13,17,29H,6-9,11H2,1H3,(H,30,31)/b22-19-. The van der Waals surface area contributed by atoms with E-state index in [9.17, 15) is 22.8 Å². The molecule has 3 aromatic rings. The van der Waals surface area contributed by atoms with E-state index in [0.717, 1.165) is 28.7 Å². The molecule has 36 heavy (non-hydrogen) atoms. The van der Waals surface area contributed by atoms with Crippen molar-refractivity contribution in [2.24, 2.45) is 0 Å². The van der Waals surface area contributed by atoms with Crippen LogP contribution in [0, 0.1) is 0 Å². The van der Waals surface area contributed by atoms with Crippen LogP contribution in [-0.2, 0) is 17.4 Å². The number of methoxy groups -OCH3 is 1. The second kappa shape index (κ2) is 9.62. The molecule has 5 rings (SSSR count). The highest BCUT2D eigenvalue weighted by Gasteiger charge is 2.42. The number of thioether (sulfide) groups is 1. The van der Waals surface area contributed by atoms with E-state index in [1.54, 1.807) is 24.4 Å². The summed E-state index contributed by atoms with van der Waals surface area (Å²) in [7, 11) is 1.30. The van der Waals surface area contributed by atoms with Crippen LogP contribution in [0.1, 0.15) is 29.5 Å². The Morgan fingerprint density at radius 1 is 1.17 bits per heavy atom. The molecule has 1 aromatic heterocycles. The number of hydrogen-bond acceptors (Lipinski definition) is 6. The van der Waals surface area contributed by atoms with Gasteiger partial charge in [0.05, 0.1) is 29.3 Å². The van der Waals surface area contributed by atoms with Crippen molar-refractivity contribution >= 4 is 39.4 Å². The second-order valence-corrected chi connectivity index (χ2v) is 9.66. The van der Waals surface area contributed by atoms with E-state index in [1.807, 2.05) is 0 Å². The molecule has 0 aliphatic carbocycles. The van der Waals surface area contributed by atoms with Gasteiger partial charge in [-0.05, 0) is 85.1 Å². The van der Waals surface area contributed by atoms with Crippen molar-refractivity contribution in [3.8, 4) is 5.75 Å². The number of nitrogens with one attached hydrogen (secondary N) is 2. The molecule has 2 aliphatic heterocycles. The fourth-order valence-corrected chi connectivity index (χ4v) is 5.68. The summed E-state index contributed by atoms with van der Waals surface area (Å²) in [6, 6.07) is 8.78. The number of benzene rings is 2. The fourth-order valence-electron chi connectivity index (χ4n) is 4.68. The first-order valence-corrected chi connectivity index (χ1v) is 12.2. The van der Waals surface area contributed by atoms with Gasteiger partial charge in [-0.3, -0.25) is 19.6 Å². The van der Waals surface area contributed by atoms with Crippen molar-refractivity contribution in [2.75, 3.05) is 20.2 Å². The van der Waals surface area contributed by atoms with Gasteiger partial charge in [0.1, 0.15) is 5.75 Å². The van der Waals surface area contributed by atoms with Gasteiger partial charge in [-0.25, -0.2) is 0 Å². The van der Waals surface area contributed by atoms with Crippen molar-refractivity contribution in [1.82, 2.24) is 20.4 Å². The molecule has 2 saturated heterocycles. The number of H-pyrrole nitrogens is 1. The number of allylic oxidation sites excluding steroid dienone is 1. The predicted octanol–water partition coefficient (Wildman–Crippen LogP) is 4.99. The molecule has 0 radical (unpaired) electrons. The summed E-state index contributed by atoms with van der Waals surface area (Å²) < 4.78 is 47.0. The molecular formula is C25H23F3N4O3S. The van der Waals surface area contributed by atoms with Crippen LogP contribution in [0.25, 0.3) is 16.5 Å². The quantitative estimate of drug-likeness (QED) is 0.465. The summed E-state index contributed by atoms with van der Waals surface area (Å²) in [5.74, 6) is -0.375. The molecule has 0 unspecified atom stereocenters. The SMILES string of the molecule is COc1ccc(C/C(=C2/SC(=O)N(C3CCNCC3)C2=O)c2ccc3[nH]ncc3c2)c(C(F)(F)F)c1. The minimum Gasteiger partial charge on any atom is -0.497 e. The van der Waals surface area contributed by atoms with Gasteiger partial charge in [0, 0.05) is 11.4 Å². The Morgan fingerprint density at radius 3 is 2.67 bits per heavy atom. The lowest BCUT2D eigenvalue weighted by molar-refractivity contribution is -0.138. The van der Waals surface area contributed by atoms with Crippen LogP contribution in [0.4, 0.5) is 18.0 Å². The number of hydrogen-bond donors (Lipinski definition) is 2. The highest BCUT2D eigenvalue weighted by atomic mass is 32.2. The van der Waals surface area contributed by atoms with E-state index in [1.165, 1.54) is 24.1 Å². The Bertz CT molecular complexity index is 1360. The topological polar surface area (TPSA) is 87.3 Å². The van der Waals surface area contributed by atoms with E-state index >= 15 is 0 Å². The van der Waals surface area contributed by atoms with Crippen molar-refractivity contribution in [3.63, 3.8) is 0 Å². The first-order chi connectivity index (χ1) is 17.3. The summed E-state index contributed by atoms with van der Waals surface area (Å²) in [6.45, 7) is 1.38. The third kappa shape index (κ3) is 4.60. The number of carbonyl (C=O) groups excluding carboxylic acids is 2. The normalized spacial score (nSPS) is 18.8. The third-order valence-corrected chi connectivity index (χ3v) is 7.52. The number of rotatable bonds is 5. The molecule has 2 aliphatic rings. The Labute approximate surface area is 209 Å². The molecule has 2 amide bonds. The number of amides is 2. The number of imide groups is 1. The van der Waals surface area contributed by atoms with Crippen LogP contribution < -0.4 is 10.1 Å². The molecule has 0 atom stereocenters. The minimum absolute atomic E-state index is 0.0146. The van der Waals surface area contributed by atoms with Gasteiger partial charge >= 0.3 is 6.18 Å². The van der Waals surface area contributed by atoms with Crippen molar-refractivity contribution in [3.05, 3.63) is 64.2 Å². The zero-order valence-corrected chi connectivity index (χ0v) is 20.1. The number of nitrogens with zero attached hydrogens (tertiary/aromatic N) is 2. The molecule has 188 valence electrons. The minimum atomic E-state index is -4.63. The Kier molecular flexibility index (Phi) is 6.52. The largest absolute Gasteiger partial charge is 0.497 e. The first kappa shape index (κ1) is 24.4. The lowest BCUT2D eigenvalue weighted by atomic mass is 9.93. The van der Waals surface area contributed by atoms with Crippen molar-refractivity contribution in [2.45, 2.75) is 31.5 Å². The number of piperidine rings is 1. The Morgan fingerprint density at radius 2 is 1.94 bits per heavy atom. The Balaban J connectivity index is 1.63. The lowest BCUT2D eigenvalue weighted by Gasteiger charge is -2.29. The van der Waals surface area contributed by atoms with Gasteiger partial charge < -0.3 is 10.1 Å². The molecule has 2 fully saturated rings. The van der Waals surface area contributed by atoms with Crippen LogP contribution in [0.2, 0.25) is 0 Å². The van der Waals surface area contributed by atoms with Gasteiger partial charge in [0.15, 0.2) is 0 Å². The van der Waals surface area contributed by atoms with Gasteiger partial charge in [0.25, 0.3) is 11.1 Å². The van der Waals surface area contributed by atoms with Crippen LogP contribution >= 0.6 is 11.8 Å². The molecule has 11 heteroatoms. The third-order valence-electron chi connectivity index (χ3n) is 6.53. The monoisotopic (exact) mass is 516 g/mol. The summed E-state index contributed by atoms with van der Waals surface area (Å²) in [5.41, 5.74) is 0.819. The first-order valence-electron chi connectivity index (χ1n) is 11.4. The lowest BCUT2D eigenvalue weighted by Crippen LogP contribution is -2.45. The molecule has 7 nitrogen and oxygen atoms in total. The molecule has 3 heterocycles. The van der Waals surface area contributed by atoms with Crippen molar-refractivity contribution < 1.29 is 27.5 Å². The zero-order chi connectivity index (χ0) is 25.4. The maximum Gasteiger partial charge on any atom is 0.416 e. The summed E-state index contributed by atoms with van der Waals surface area (Å²) in [5, 5.41) is 10.4. The molecular weight excluding hydrogens is 493 g/mol. The van der Waals surface area contributed by atoms with E-state index in [2.05, 4.69) is 15.5 Å². The molecule has 2 N–H and O–H groups in total. The number of alkyl halides is 3. The average Bonchev–Trinajstić information content (AvgIpc) is 3.45. The molecule has 0 bridgehead atoms. The second-order valence-electron chi connectivity index (χ2n) is 8.70. The van der Waals surface area contributed by atoms with Gasteiger partial charge in [0.2, 0.25) is 0 Å². The Hall–Kier alpha value is -3.31. The van der Waals surface area contributed by atoms with Gasteiger partial charge in [-0.2, -0.15) is 18.3 Å². The fraction of sp³-hybridized carbons (Fsp3) is 0.320. The van der Waals surface area contributed by atoms with E-state index < -0.39 is 22.9 Å². The van der Waals surface area contributed by atoms with Gasteiger partial charge in [-0.15, -0.1) is 0 Å². The summed E-state index contributed by atoms with van der Waals surface area (Å²) in [6.07, 6.45) is -1.94. The van der Waals surface area contributed by atoms with Crippen LogP contribution in [0.3, 0.4) is 0 Å². The number of halogens is 3. The smallest absolute Gasteiger partial charge is 0.416 e. The maximum absolute atomic E-state index is 14.0. The predicted molar refractivity (Wildman–Crippen MR) is 130 cm³/mol. The highest BCUT2D eigenvalue weighted by Crippen LogP contribution is 2.42. The molecule has 2 aromatic carbocycles. The van der Waals surface area contributed by atoms with Gasteiger partial charge in [-0.1, -0.05) is 12.1 Å². The van der Waals surface area contributed by atoms with Crippen LogP contribution in [0.5, 0.6) is 5.75 Å². The number of aromatic nitrogens is 2. The number of ether oxygens (including phenoxy) is 1. The van der Waals surface area contributed by atoms with Crippen LogP contribution in [-0.4, -0.2) is 52.5 Å². The average molecular weight is 517 g/mol. The molecule has 0 saturated carbocycles. The highest BCUT2D eigenvalue weighted by molar-refractivity contribution is 8.18. The van der Waals surface area contributed by atoms with Crippen molar-refractivity contribution in [1.29, 1.82) is 0 Å². The summed E-state index contributed by atoms with van der Waals surface area (Å²) >= 11 is 0.793. The summed E-state index contributed by atoms with van der Waals surface area (Å²) in [4.78, 5) is 28.0. The number of aromatic amines is 1.